The Hall–Kier alpha value is -1.78. The maximum absolute atomic E-state index is 12.9. The van der Waals surface area contributed by atoms with Gasteiger partial charge in [0.1, 0.15) is 5.69 Å². The highest BCUT2D eigenvalue weighted by atomic mass is 32.2. The first-order valence-electron chi connectivity index (χ1n) is 8.39. The van der Waals surface area contributed by atoms with Gasteiger partial charge in [0, 0.05) is 59.3 Å². The average molecular weight is 368 g/mol. The van der Waals surface area contributed by atoms with Crippen LogP contribution in [-0.4, -0.2) is 78.6 Å². The van der Waals surface area contributed by atoms with E-state index in [1.165, 1.54) is 22.7 Å². The smallest absolute Gasteiger partial charge is 0.281 e. The molecule has 2 aliphatic heterocycles. The van der Waals surface area contributed by atoms with E-state index in [2.05, 4.69) is 15.3 Å². The summed E-state index contributed by atoms with van der Waals surface area (Å²) in [6.45, 7) is 1.89. The van der Waals surface area contributed by atoms with Crippen molar-refractivity contribution in [1.29, 1.82) is 0 Å². The van der Waals surface area contributed by atoms with Gasteiger partial charge >= 0.3 is 0 Å². The van der Waals surface area contributed by atoms with Crippen molar-refractivity contribution in [3.63, 3.8) is 0 Å². The SMILES string of the molecule is CNc1nc2c(c(C(=O)N3CCCC3)n1)CN(S(=O)(=O)N(C)C)CC2. The number of amides is 1. The molecule has 3 heterocycles. The largest absolute Gasteiger partial charge is 0.357 e. The lowest BCUT2D eigenvalue weighted by Crippen LogP contribution is -2.44. The molecule has 1 aromatic heterocycles. The summed E-state index contributed by atoms with van der Waals surface area (Å²) in [5.74, 6) is 0.252. The van der Waals surface area contributed by atoms with Crippen molar-refractivity contribution >= 4 is 22.1 Å². The van der Waals surface area contributed by atoms with Gasteiger partial charge in [-0.05, 0) is 12.8 Å². The number of rotatable bonds is 4. The molecule has 1 saturated heterocycles. The second kappa shape index (κ2) is 6.85. The number of hydrogen-bond acceptors (Lipinski definition) is 6. The third kappa shape index (κ3) is 3.33. The van der Waals surface area contributed by atoms with Gasteiger partial charge < -0.3 is 10.2 Å². The molecule has 0 bridgehead atoms. The van der Waals surface area contributed by atoms with E-state index in [-0.39, 0.29) is 12.5 Å². The summed E-state index contributed by atoms with van der Waals surface area (Å²) in [5, 5.41) is 2.89. The van der Waals surface area contributed by atoms with Crippen LogP contribution in [0.2, 0.25) is 0 Å². The number of carbonyl (C=O) groups is 1. The zero-order chi connectivity index (χ0) is 18.2. The van der Waals surface area contributed by atoms with Crippen molar-refractivity contribution in [2.45, 2.75) is 25.8 Å². The van der Waals surface area contributed by atoms with Crippen molar-refractivity contribution < 1.29 is 13.2 Å². The molecule has 1 amide bonds. The Bertz CT molecular complexity index is 774. The molecule has 10 heteroatoms. The Morgan fingerprint density at radius 1 is 1.16 bits per heavy atom. The van der Waals surface area contributed by atoms with Crippen LogP contribution in [0.25, 0.3) is 0 Å². The summed E-state index contributed by atoms with van der Waals surface area (Å²) in [6, 6.07) is 0. The molecule has 2 aliphatic rings. The topological polar surface area (TPSA) is 98.7 Å². The lowest BCUT2D eigenvalue weighted by atomic mass is 10.0. The lowest BCUT2D eigenvalue weighted by Gasteiger charge is -2.31. The maximum atomic E-state index is 12.9. The normalized spacial score (nSPS) is 18.5. The van der Waals surface area contributed by atoms with Crippen molar-refractivity contribution in [2.24, 2.45) is 0 Å². The van der Waals surface area contributed by atoms with Gasteiger partial charge in [-0.3, -0.25) is 4.79 Å². The van der Waals surface area contributed by atoms with E-state index in [4.69, 9.17) is 0 Å². The molecule has 9 nitrogen and oxygen atoms in total. The first-order chi connectivity index (χ1) is 11.8. The van der Waals surface area contributed by atoms with E-state index < -0.39 is 10.2 Å². The van der Waals surface area contributed by atoms with Crippen molar-refractivity contribution in [3.05, 3.63) is 17.0 Å². The molecule has 0 aliphatic carbocycles. The highest BCUT2D eigenvalue weighted by Gasteiger charge is 2.34. The van der Waals surface area contributed by atoms with E-state index >= 15 is 0 Å². The zero-order valence-electron chi connectivity index (χ0n) is 14.8. The van der Waals surface area contributed by atoms with E-state index in [1.807, 2.05) is 0 Å². The predicted octanol–water partition coefficient (Wildman–Crippen LogP) is -0.0812. The number of nitrogens with one attached hydrogen (secondary N) is 1. The monoisotopic (exact) mass is 368 g/mol. The van der Waals surface area contributed by atoms with Crippen LogP contribution >= 0.6 is 0 Å². The van der Waals surface area contributed by atoms with Gasteiger partial charge in [0.2, 0.25) is 5.95 Å². The molecule has 0 unspecified atom stereocenters. The molecule has 0 saturated carbocycles. The van der Waals surface area contributed by atoms with Gasteiger partial charge in [-0.2, -0.15) is 17.0 Å². The number of anilines is 1. The number of hydrogen-bond donors (Lipinski definition) is 1. The van der Waals surface area contributed by atoms with E-state index in [1.54, 1.807) is 11.9 Å². The standard InChI is InChI=1S/C15H24N6O3S/c1-16-15-17-12-6-9-21(25(23,24)19(2)3)10-11(12)13(18-15)14(22)20-7-4-5-8-20/h4-10H2,1-3H3,(H,16,17,18). The molecular formula is C15H24N6O3S. The fraction of sp³-hybridized carbons (Fsp3) is 0.667. The molecule has 0 atom stereocenters. The van der Waals surface area contributed by atoms with Crippen LogP contribution in [0.4, 0.5) is 5.95 Å². The summed E-state index contributed by atoms with van der Waals surface area (Å²) in [5.41, 5.74) is 1.68. The molecule has 138 valence electrons. The number of carbonyl (C=O) groups excluding carboxylic acids is 1. The molecule has 0 radical (unpaired) electrons. The number of aromatic nitrogens is 2. The second-order valence-electron chi connectivity index (χ2n) is 6.44. The lowest BCUT2D eigenvalue weighted by molar-refractivity contribution is 0.0784. The zero-order valence-corrected chi connectivity index (χ0v) is 15.6. The van der Waals surface area contributed by atoms with Crippen LogP contribution in [0.15, 0.2) is 0 Å². The fourth-order valence-electron chi connectivity index (χ4n) is 3.18. The summed E-state index contributed by atoms with van der Waals surface area (Å²) in [7, 11) is 1.16. The Morgan fingerprint density at radius 2 is 1.84 bits per heavy atom. The molecule has 1 fully saturated rings. The van der Waals surface area contributed by atoms with Crippen molar-refractivity contribution in [1.82, 2.24) is 23.5 Å². The Kier molecular flexibility index (Phi) is 4.94. The molecular weight excluding hydrogens is 344 g/mol. The van der Waals surface area contributed by atoms with Crippen LogP contribution in [-0.2, 0) is 23.2 Å². The number of fused-ring (bicyclic) bond motifs is 1. The van der Waals surface area contributed by atoms with Gasteiger partial charge in [0.15, 0.2) is 0 Å². The van der Waals surface area contributed by atoms with Gasteiger partial charge in [-0.15, -0.1) is 0 Å². The molecule has 3 rings (SSSR count). The predicted molar refractivity (Wildman–Crippen MR) is 93.4 cm³/mol. The van der Waals surface area contributed by atoms with Crippen LogP contribution in [0.5, 0.6) is 0 Å². The van der Waals surface area contributed by atoms with Gasteiger partial charge in [0.25, 0.3) is 16.1 Å². The quantitative estimate of drug-likeness (QED) is 0.798. The minimum Gasteiger partial charge on any atom is -0.357 e. The van der Waals surface area contributed by atoms with Crippen LogP contribution < -0.4 is 5.32 Å². The average Bonchev–Trinajstić information content (AvgIpc) is 3.14. The third-order valence-electron chi connectivity index (χ3n) is 4.63. The van der Waals surface area contributed by atoms with Gasteiger partial charge in [0.05, 0.1) is 5.69 Å². The molecule has 0 spiro atoms. The fourth-order valence-corrected chi connectivity index (χ4v) is 4.25. The molecule has 0 aromatic carbocycles. The Morgan fingerprint density at radius 3 is 2.44 bits per heavy atom. The minimum atomic E-state index is -3.55. The summed E-state index contributed by atoms with van der Waals surface area (Å²) in [4.78, 5) is 23.5. The number of nitrogens with zero attached hydrogens (tertiary/aromatic N) is 5. The summed E-state index contributed by atoms with van der Waals surface area (Å²) in [6.07, 6.45) is 2.43. The van der Waals surface area contributed by atoms with Crippen LogP contribution in [0.1, 0.15) is 34.6 Å². The third-order valence-corrected chi connectivity index (χ3v) is 6.52. The minimum absolute atomic E-state index is 0.120. The molecule has 25 heavy (non-hydrogen) atoms. The highest BCUT2D eigenvalue weighted by Crippen LogP contribution is 2.26. The van der Waals surface area contributed by atoms with Crippen LogP contribution in [0.3, 0.4) is 0 Å². The first kappa shape index (κ1) is 18.0. The van der Waals surface area contributed by atoms with Crippen molar-refractivity contribution in [2.75, 3.05) is 46.1 Å². The second-order valence-corrected chi connectivity index (χ2v) is 8.59. The first-order valence-corrected chi connectivity index (χ1v) is 9.78. The molecule has 1 aromatic rings. The summed E-state index contributed by atoms with van der Waals surface area (Å²) < 4.78 is 27.5. The molecule has 1 N–H and O–H groups in total. The summed E-state index contributed by atoms with van der Waals surface area (Å²) >= 11 is 0. The van der Waals surface area contributed by atoms with E-state index in [0.29, 0.717) is 43.3 Å². The highest BCUT2D eigenvalue weighted by molar-refractivity contribution is 7.86. The van der Waals surface area contributed by atoms with Gasteiger partial charge in [-0.25, -0.2) is 9.97 Å². The van der Waals surface area contributed by atoms with E-state index in [0.717, 1.165) is 18.5 Å². The van der Waals surface area contributed by atoms with E-state index in [9.17, 15) is 13.2 Å². The Labute approximate surface area is 148 Å². The van der Waals surface area contributed by atoms with Crippen LogP contribution in [0, 0.1) is 0 Å². The van der Waals surface area contributed by atoms with Gasteiger partial charge in [-0.1, -0.05) is 0 Å². The maximum Gasteiger partial charge on any atom is 0.281 e. The van der Waals surface area contributed by atoms with Crippen molar-refractivity contribution in [3.8, 4) is 0 Å². The Balaban J connectivity index is 2.00. The number of likely N-dealkylation sites (tertiary alicyclic amines) is 1.